The van der Waals surface area contributed by atoms with E-state index in [1.54, 1.807) is 0 Å². The molecule has 0 saturated carbocycles. The van der Waals surface area contributed by atoms with E-state index in [0.29, 0.717) is 0 Å². The van der Waals surface area contributed by atoms with Crippen LogP contribution in [-0.4, -0.2) is 82.9 Å². The molecule has 0 aliphatic rings. The van der Waals surface area contributed by atoms with Crippen molar-refractivity contribution in [1.29, 1.82) is 0 Å². The maximum atomic E-state index is 9.86. The van der Waals surface area contributed by atoms with Crippen LogP contribution >= 0.6 is 0 Å². The molecule has 9 heteroatoms. The molecule has 0 saturated heterocycles. The van der Waals surface area contributed by atoms with E-state index in [-0.39, 0.29) is 45.5 Å². The molecule has 0 bridgehead atoms. The summed E-state index contributed by atoms with van der Waals surface area (Å²) in [6.07, 6.45) is -0.433. The molecule has 68 valence electrons. The summed E-state index contributed by atoms with van der Waals surface area (Å²) in [7, 11) is -8.80. The topological polar surface area (TPSA) is 114 Å². The van der Waals surface area contributed by atoms with Crippen molar-refractivity contribution in [3.8, 4) is 0 Å². The van der Waals surface area contributed by atoms with Gasteiger partial charge in [-0.2, -0.15) is 0 Å². The molecule has 0 aliphatic heterocycles. The minimum atomic E-state index is -4.40. The first kappa shape index (κ1) is 15.8. The Labute approximate surface area is 108 Å². The Kier molecular flexibility index (Phi) is 7.76. The molecule has 0 unspecified atom stereocenters. The van der Waals surface area contributed by atoms with Crippen LogP contribution in [0.1, 0.15) is 6.42 Å². The number of rotatable bonds is 4. The molecule has 0 atom stereocenters. The van der Waals surface area contributed by atoms with Crippen LogP contribution in [0.25, 0.3) is 0 Å². The predicted octanol–water partition coefficient (Wildman–Crippen LogP) is -1.91. The number of hydrogen-bond donors (Lipinski definition) is 0. The fourth-order valence-electron chi connectivity index (χ4n) is 0.412. The molecule has 0 radical (unpaired) electrons. The van der Waals surface area contributed by atoms with Crippen LogP contribution < -0.4 is 0 Å². The summed E-state index contributed by atoms with van der Waals surface area (Å²) < 4.78 is 59.2. The Balaban J connectivity index is 0. The quantitative estimate of drug-likeness (QED) is 0.440. The van der Waals surface area contributed by atoms with Gasteiger partial charge in [0.15, 0.2) is 0 Å². The molecule has 0 spiro atoms. The summed E-state index contributed by atoms with van der Waals surface area (Å²) in [6.45, 7) is 0. The molecule has 0 fully saturated rings. The molecule has 12 heavy (non-hydrogen) atoms. The third-order valence-electron chi connectivity index (χ3n) is 0.789. The smallest absolute Gasteiger partial charge is 0.748 e. The molecule has 6 nitrogen and oxygen atoms in total. The van der Waals surface area contributed by atoms with E-state index >= 15 is 0 Å². The van der Waals surface area contributed by atoms with Crippen molar-refractivity contribution in [2.45, 2.75) is 6.42 Å². The zero-order valence-electron chi connectivity index (χ0n) is 6.09. The fourth-order valence-corrected chi connectivity index (χ4v) is 1.59. The first-order chi connectivity index (χ1) is 4.71. The van der Waals surface area contributed by atoms with Crippen LogP contribution in [0, 0.1) is 0 Å². The van der Waals surface area contributed by atoms with E-state index in [4.69, 9.17) is 0 Å². The monoisotopic (exact) mass is 290 g/mol. The third kappa shape index (κ3) is 13.9. The summed E-state index contributed by atoms with van der Waals surface area (Å²) in [6, 6.07) is 0. The zero-order chi connectivity index (χ0) is 9.12. The standard InChI is InChI=1S/C3H8O6S2.Sr/c4-10(5,6)2-1-3-11(7,8)9;/h1-3H2,(H,4,5,6)(H,7,8,9);/q;+2/p-2. The largest absolute Gasteiger partial charge is 2.00 e. The average molecular weight is 290 g/mol. The van der Waals surface area contributed by atoms with Gasteiger partial charge in [0, 0.05) is 11.5 Å². The second-order valence-electron chi connectivity index (χ2n) is 1.88. The average Bonchev–Trinajstić information content (AvgIpc) is 1.55. The molecule has 0 rings (SSSR count). The third-order valence-corrected chi connectivity index (χ3v) is 2.37. The Morgan fingerprint density at radius 3 is 1.25 bits per heavy atom. The Bertz CT molecular complexity index is 270. The molecule has 0 amide bonds. The van der Waals surface area contributed by atoms with Gasteiger partial charge in [-0.15, -0.1) is 0 Å². The summed E-state index contributed by atoms with van der Waals surface area (Å²) >= 11 is 0. The summed E-state index contributed by atoms with van der Waals surface area (Å²) in [5.41, 5.74) is 0. The minimum absolute atomic E-state index is 0. The van der Waals surface area contributed by atoms with Gasteiger partial charge in [0.25, 0.3) is 0 Å². The second kappa shape index (κ2) is 5.91. The van der Waals surface area contributed by atoms with E-state index < -0.39 is 38.2 Å². The van der Waals surface area contributed by atoms with Crippen LogP contribution in [0.15, 0.2) is 0 Å². The maximum Gasteiger partial charge on any atom is 2.00 e. The van der Waals surface area contributed by atoms with Gasteiger partial charge in [-0.25, -0.2) is 16.8 Å². The van der Waals surface area contributed by atoms with Crippen LogP contribution in [0.5, 0.6) is 0 Å². The molecule has 0 N–H and O–H groups in total. The van der Waals surface area contributed by atoms with Gasteiger partial charge in [0.1, 0.15) is 0 Å². The van der Waals surface area contributed by atoms with Crippen molar-refractivity contribution in [2.75, 3.05) is 11.5 Å². The van der Waals surface area contributed by atoms with E-state index in [2.05, 4.69) is 0 Å². The van der Waals surface area contributed by atoms with E-state index in [1.807, 2.05) is 0 Å². The van der Waals surface area contributed by atoms with Crippen molar-refractivity contribution in [3.63, 3.8) is 0 Å². The molecule has 0 aromatic heterocycles. The van der Waals surface area contributed by atoms with Gasteiger partial charge >= 0.3 is 45.5 Å². The molecule has 0 heterocycles. The minimum Gasteiger partial charge on any atom is -0.748 e. The van der Waals surface area contributed by atoms with Gasteiger partial charge in [0.05, 0.1) is 20.2 Å². The Morgan fingerprint density at radius 1 is 0.833 bits per heavy atom. The molecular formula is C3H6O6S2Sr. The zero-order valence-corrected chi connectivity index (χ0v) is 11.2. The van der Waals surface area contributed by atoms with Gasteiger partial charge in [-0.1, -0.05) is 0 Å². The van der Waals surface area contributed by atoms with E-state index in [0.717, 1.165) is 0 Å². The predicted molar refractivity (Wildman–Crippen MR) is 39.5 cm³/mol. The van der Waals surface area contributed by atoms with Crippen LogP contribution in [0.4, 0.5) is 0 Å². The molecule has 0 aliphatic carbocycles. The second-order valence-corrected chi connectivity index (χ2v) is 4.92. The SMILES string of the molecule is O=S(=O)([O-])CCCS(=O)(=O)[O-].[Sr+2]. The van der Waals surface area contributed by atoms with Gasteiger partial charge in [-0.05, 0) is 6.42 Å². The fraction of sp³-hybridized carbons (Fsp3) is 1.00. The van der Waals surface area contributed by atoms with E-state index in [1.165, 1.54) is 0 Å². The van der Waals surface area contributed by atoms with Crippen LogP contribution in [0.2, 0.25) is 0 Å². The first-order valence-corrected chi connectivity index (χ1v) is 5.73. The Hall–Kier alpha value is 1.30. The number of hydrogen-bond acceptors (Lipinski definition) is 6. The van der Waals surface area contributed by atoms with Crippen molar-refractivity contribution in [2.24, 2.45) is 0 Å². The Morgan fingerprint density at radius 2 is 1.08 bits per heavy atom. The van der Waals surface area contributed by atoms with Crippen molar-refractivity contribution < 1.29 is 25.9 Å². The van der Waals surface area contributed by atoms with Gasteiger partial charge in [0.2, 0.25) is 0 Å². The van der Waals surface area contributed by atoms with E-state index in [9.17, 15) is 25.9 Å². The molecule has 0 aromatic rings. The molecule has 0 aromatic carbocycles. The van der Waals surface area contributed by atoms with Crippen molar-refractivity contribution in [3.05, 3.63) is 0 Å². The first-order valence-electron chi connectivity index (χ1n) is 2.58. The van der Waals surface area contributed by atoms with Crippen molar-refractivity contribution in [1.82, 2.24) is 0 Å². The normalized spacial score (nSPS) is 12.2. The van der Waals surface area contributed by atoms with Crippen LogP contribution in [-0.2, 0) is 20.2 Å². The molecular weight excluding hydrogens is 284 g/mol. The van der Waals surface area contributed by atoms with Gasteiger partial charge in [-0.3, -0.25) is 0 Å². The maximum absolute atomic E-state index is 9.86. The summed E-state index contributed by atoms with van der Waals surface area (Å²) in [5.74, 6) is -1.62. The van der Waals surface area contributed by atoms with Crippen LogP contribution in [0.3, 0.4) is 0 Å². The van der Waals surface area contributed by atoms with Crippen molar-refractivity contribution >= 4 is 65.7 Å². The van der Waals surface area contributed by atoms with Gasteiger partial charge < -0.3 is 9.11 Å². The summed E-state index contributed by atoms with van der Waals surface area (Å²) in [4.78, 5) is 0. The summed E-state index contributed by atoms with van der Waals surface area (Å²) in [5, 5.41) is 0.